The van der Waals surface area contributed by atoms with Crippen LogP contribution in [0.25, 0.3) is 5.69 Å². The third-order valence-electron chi connectivity index (χ3n) is 4.67. The Kier molecular flexibility index (Phi) is 7.93. The average molecular weight is 536 g/mol. The minimum absolute atomic E-state index is 0.0405. The summed E-state index contributed by atoms with van der Waals surface area (Å²) in [4.78, 5) is 50.2. The van der Waals surface area contributed by atoms with E-state index in [4.69, 9.17) is 43.7 Å². The molecule has 0 amide bonds. The van der Waals surface area contributed by atoms with Crippen LogP contribution in [0.2, 0.25) is 10.0 Å². The lowest BCUT2D eigenvalue weighted by Crippen LogP contribution is -2.33. The second-order valence-electron chi connectivity index (χ2n) is 7.75. The number of nitrogens with one attached hydrogen (secondary N) is 1. The Morgan fingerprint density at radius 3 is 2.36 bits per heavy atom. The Morgan fingerprint density at radius 2 is 1.81 bits per heavy atom. The molecular weight excluding hydrogens is 517 g/mol. The summed E-state index contributed by atoms with van der Waals surface area (Å²) in [6, 6.07) is 4.60. The van der Waals surface area contributed by atoms with Crippen molar-refractivity contribution in [3.05, 3.63) is 70.7 Å². The van der Waals surface area contributed by atoms with E-state index in [-0.39, 0.29) is 33.3 Å². The Morgan fingerprint density at radius 1 is 1.17 bits per heavy atom. The van der Waals surface area contributed by atoms with E-state index >= 15 is 0 Å². The summed E-state index contributed by atoms with van der Waals surface area (Å²) >= 11 is 12.7. The van der Waals surface area contributed by atoms with Gasteiger partial charge in [0.25, 0.3) is 11.1 Å². The van der Waals surface area contributed by atoms with Gasteiger partial charge in [-0.1, -0.05) is 37.0 Å². The number of carbonyl (C=O) groups excluding carboxylic acids is 1. The molecule has 15 heteroatoms. The molecule has 3 N–H and O–H groups in total. The lowest BCUT2D eigenvalue weighted by molar-refractivity contribution is -0.149. The van der Waals surface area contributed by atoms with Gasteiger partial charge in [0.1, 0.15) is 12.1 Å². The predicted octanol–water partition coefficient (Wildman–Crippen LogP) is 1.42. The second-order valence-corrected chi connectivity index (χ2v) is 8.56. The zero-order chi connectivity index (χ0) is 26.7. The van der Waals surface area contributed by atoms with Gasteiger partial charge in [0, 0.05) is 11.6 Å². The molecule has 1 aromatic carbocycles. The van der Waals surface area contributed by atoms with Crippen LogP contribution in [-0.4, -0.2) is 36.6 Å². The standard InChI is InChI=1S/C21H19Cl2N7O6/c1-9(2)12-6-16(28-29(19(12)32)8-35-20(33)10(3)25)36-17-13(22)4-11(5-14(17)23)30-21(34)26-18(31)15(7-24)27-30/h4-6,9-10H,8,25H2,1-3H3,(H,26,31,34)/t10-/m0/s1. The number of ether oxygens (including phenoxy) is 2. The van der Waals surface area contributed by atoms with Crippen LogP contribution in [0.15, 0.2) is 32.6 Å². The number of nitriles is 1. The fourth-order valence-corrected chi connectivity index (χ4v) is 3.42. The monoisotopic (exact) mass is 535 g/mol. The molecule has 0 aliphatic carbocycles. The number of aromatic amines is 1. The van der Waals surface area contributed by atoms with Crippen molar-refractivity contribution in [3.8, 4) is 23.4 Å². The van der Waals surface area contributed by atoms with Crippen LogP contribution in [0, 0.1) is 11.3 Å². The van der Waals surface area contributed by atoms with Gasteiger partial charge in [-0.2, -0.15) is 14.6 Å². The summed E-state index contributed by atoms with van der Waals surface area (Å²) < 4.78 is 12.4. The highest BCUT2D eigenvalue weighted by molar-refractivity contribution is 6.37. The molecule has 0 spiro atoms. The molecule has 13 nitrogen and oxygen atoms in total. The first-order valence-electron chi connectivity index (χ1n) is 10.3. The topological polar surface area (TPSA) is 188 Å². The predicted molar refractivity (Wildman–Crippen MR) is 128 cm³/mol. The van der Waals surface area contributed by atoms with Crippen molar-refractivity contribution in [2.45, 2.75) is 39.5 Å². The molecule has 0 unspecified atom stereocenters. The second kappa shape index (κ2) is 10.7. The zero-order valence-electron chi connectivity index (χ0n) is 19.1. The van der Waals surface area contributed by atoms with Crippen LogP contribution in [0.3, 0.4) is 0 Å². The molecule has 0 aliphatic rings. The van der Waals surface area contributed by atoms with Gasteiger partial charge in [-0.3, -0.25) is 19.4 Å². The number of carbonyl (C=O) groups is 1. The molecule has 0 aliphatic heterocycles. The maximum atomic E-state index is 12.7. The fourth-order valence-electron chi connectivity index (χ4n) is 2.86. The van der Waals surface area contributed by atoms with Gasteiger partial charge in [0.2, 0.25) is 11.6 Å². The minimum atomic E-state index is -0.940. The molecular formula is C21H19Cl2N7O6. The fraction of sp³-hybridized carbons (Fsp3) is 0.286. The molecule has 2 aromatic heterocycles. The van der Waals surface area contributed by atoms with E-state index < -0.39 is 41.2 Å². The number of nitrogens with two attached hydrogens (primary N) is 1. The molecule has 1 atom stereocenters. The largest absolute Gasteiger partial charge is 0.441 e. The number of aromatic nitrogens is 5. The van der Waals surface area contributed by atoms with E-state index in [9.17, 15) is 19.2 Å². The van der Waals surface area contributed by atoms with Crippen LogP contribution in [0.4, 0.5) is 0 Å². The molecule has 0 saturated carbocycles. The normalized spacial score (nSPS) is 11.7. The number of H-pyrrole nitrogens is 1. The summed E-state index contributed by atoms with van der Waals surface area (Å²) in [6.07, 6.45) is 0. The smallest absolute Gasteiger partial charge is 0.349 e. The number of benzene rings is 1. The van der Waals surface area contributed by atoms with Crippen molar-refractivity contribution < 1.29 is 14.3 Å². The summed E-state index contributed by atoms with van der Waals surface area (Å²) in [5, 5.41) is 16.6. The molecule has 0 fully saturated rings. The van der Waals surface area contributed by atoms with E-state index in [1.807, 2.05) is 4.98 Å². The van der Waals surface area contributed by atoms with Crippen LogP contribution in [0.5, 0.6) is 11.6 Å². The minimum Gasteiger partial charge on any atom is -0.441 e. The van der Waals surface area contributed by atoms with E-state index in [0.717, 1.165) is 9.36 Å². The van der Waals surface area contributed by atoms with Crippen LogP contribution >= 0.6 is 23.2 Å². The molecule has 3 aromatic rings. The summed E-state index contributed by atoms with van der Waals surface area (Å²) in [5.74, 6) is -1.12. The van der Waals surface area contributed by atoms with Gasteiger partial charge >= 0.3 is 11.7 Å². The van der Waals surface area contributed by atoms with Crippen molar-refractivity contribution in [2.24, 2.45) is 5.73 Å². The van der Waals surface area contributed by atoms with E-state index in [1.165, 1.54) is 25.1 Å². The SMILES string of the molecule is CC(C)c1cc(Oc2c(Cl)cc(-n3nc(C#N)c(=O)[nH]c3=O)cc2Cl)nn(COC(=O)[C@H](C)N)c1=O. The van der Waals surface area contributed by atoms with Crippen LogP contribution in [0.1, 0.15) is 37.9 Å². The lowest BCUT2D eigenvalue weighted by Gasteiger charge is -2.15. The number of rotatable bonds is 7. The highest BCUT2D eigenvalue weighted by atomic mass is 35.5. The van der Waals surface area contributed by atoms with E-state index in [2.05, 4.69) is 10.2 Å². The quantitative estimate of drug-likeness (QED) is 0.418. The van der Waals surface area contributed by atoms with Crippen LogP contribution < -0.4 is 27.3 Å². The number of nitrogens with zero attached hydrogens (tertiary/aromatic N) is 5. The van der Waals surface area contributed by atoms with Crippen LogP contribution in [-0.2, 0) is 16.3 Å². The third-order valence-corrected chi connectivity index (χ3v) is 5.23. The first-order chi connectivity index (χ1) is 16.9. The maximum Gasteiger partial charge on any atom is 0.349 e. The van der Waals surface area contributed by atoms with E-state index in [1.54, 1.807) is 19.9 Å². The highest BCUT2D eigenvalue weighted by Crippen LogP contribution is 2.37. The van der Waals surface area contributed by atoms with E-state index in [0.29, 0.717) is 5.56 Å². The summed E-state index contributed by atoms with van der Waals surface area (Å²) in [7, 11) is 0. The van der Waals surface area contributed by atoms with Crippen molar-refractivity contribution in [2.75, 3.05) is 0 Å². The third kappa shape index (κ3) is 5.62. The van der Waals surface area contributed by atoms with Gasteiger partial charge in [0.15, 0.2) is 12.5 Å². The number of hydrogen-bond acceptors (Lipinski definition) is 10. The molecule has 2 heterocycles. The lowest BCUT2D eigenvalue weighted by atomic mass is 10.1. The van der Waals surface area contributed by atoms with Crippen molar-refractivity contribution in [1.29, 1.82) is 5.26 Å². The molecule has 36 heavy (non-hydrogen) atoms. The van der Waals surface area contributed by atoms with Crippen molar-refractivity contribution in [3.63, 3.8) is 0 Å². The maximum absolute atomic E-state index is 12.7. The first kappa shape index (κ1) is 26.6. The number of esters is 1. The zero-order valence-corrected chi connectivity index (χ0v) is 20.6. The summed E-state index contributed by atoms with van der Waals surface area (Å²) in [6.45, 7) is 4.48. The number of hydrogen-bond donors (Lipinski definition) is 2. The first-order valence-corrected chi connectivity index (χ1v) is 11.0. The van der Waals surface area contributed by atoms with Gasteiger partial charge < -0.3 is 15.2 Å². The van der Waals surface area contributed by atoms with Crippen molar-refractivity contribution in [1.82, 2.24) is 24.5 Å². The van der Waals surface area contributed by atoms with Crippen molar-refractivity contribution >= 4 is 29.2 Å². The van der Waals surface area contributed by atoms with Gasteiger partial charge in [0.05, 0.1) is 15.7 Å². The molecule has 188 valence electrons. The highest BCUT2D eigenvalue weighted by Gasteiger charge is 2.19. The Balaban J connectivity index is 2.02. The Bertz CT molecular complexity index is 1530. The molecule has 3 rings (SSSR count). The Labute approximate surface area is 212 Å². The molecule has 0 bridgehead atoms. The summed E-state index contributed by atoms with van der Waals surface area (Å²) in [5.41, 5.74) is 2.92. The molecule has 0 radical (unpaired) electrons. The molecule has 0 saturated heterocycles. The Hall–Kier alpha value is -3.99. The number of halogens is 2. The average Bonchev–Trinajstić information content (AvgIpc) is 2.80. The van der Waals surface area contributed by atoms with Gasteiger partial charge in [-0.15, -0.1) is 10.2 Å². The van der Waals surface area contributed by atoms with Gasteiger partial charge in [-0.25, -0.2) is 4.79 Å². The van der Waals surface area contributed by atoms with Gasteiger partial charge in [-0.05, 0) is 25.0 Å².